The van der Waals surface area contributed by atoms with Crippen molar-refractivity contribution < 1.29 is 22.4 Å². The van der Waals surface area contributed by atoms with Crippen LogP contribution in [0.25, 0.3) is 0 Å². The van der Waals surface area contributed by atoms with Crippen LogP contribution < -0.4 is 9.62 Å². The molecule has 1 N–H and O–H groups in total. The molecule has 0 aliphatic rings. The number of sulfonamides is 1. The second kappa shape index (κ2) is 13.1. The number of anilines is 1. The summed E-state index contributed by atoms with van der Waals surface area (Å²) >= 11 is 12.6. The quantitative estimate of drug-likeness (QED) is 0.335. The minimum Gasteiger partial charge on any atom is -0.355 e. The van der Waals surface area contributed by atoms with Gasteiger partial charge in [-0.25, -0.2) is 12.8 Å². The number of benzene rings is 3. The molecule has 0 radical (unpaired) electrons. The monoisotopic (exact) mass is 579 g/mol. The van der Waals surface area contributed by atoms with Gasteiger partial charge in [-0.05, 0) is 61.4 Å². The maximum Gasteiger partial charge on any atom is 0.264 e. The van der Waals surface area contributed by atoms with E-state index in [9.17, 15) is 22.4 Å². The maximum atomic E-state index is 13.9. The summed E-state index contributed by atoms with van der Waals surface area (Å²) in [6.07, 6.45) is 0.266. The van der Waals surface area contributed by atoms with Gasteiger partial charge < -0.3 is 10.2 Å². The lowest BCUT2D eigenvalue weighted by atomic mass is 10.1. The van der Waals surface area contributed by atoms with Crippen molar-refractivity contribution in [2.24, 2.45) is 0 Å². The average Bonchev–Trinajstić information content (AvgIpc) is 2.90. The first-order valence-electron chi connectivity index (χ1n) is 11.9. The predicted octanol–water partition coefficient (Wildman–Crippen LogP) is 5.27. The Hall–Kier alpha value is -3.14. The number of rotatable bonds is 11. The number of nitrogens with one attached hydrogen (secondary N) is 1. The van der Waals surface area contributed by atoms with Gasteiger partial charge in [0.25, 0.3) is 10.0 Å². The molecule has 1 atom stereocenters. The molecule has 0 spiro atoms. The summed E-state index contributed by atoms with van der Waals surface area (Å²) in [6.45, 7) is 3.15. The standard InChI is InChI=1S/C27H28Cl2FN3O4S/c1-3-24(27(35)31-4-2)32(17-19-10-13-21(30)14-11-19)26(34)18-33(25-16-20(28)12-15-23(25)29)38(36,37)22-8-6-5-7-9-22/h5-16,24H,3-4,17-18H2,1-2H3,(H,31,35). The van der Waals surface area contributed by atoms with Crippen LogP contribution in [0.15, 0.2) is 77.7 Å². The van der Waals surface area contributed by atoms with E-state index < -0.39 is 34.3 Å². The van der Waals surface area contributed by atoms with Gasteiger partial charge in [0.2, 0.25) is 11.8 Å². The Balaban J connectivity index is 2.08. The van der Waals surface area contributed by atoms with E-state index in [4.69, 9.17) is 23.2 Å². The van der Waals surface area contributed by atoms with Crippen molar-refractivity contribution in [3.8, 4) is 0 Å². The minimum atomic E-state index is -4.27. The Bertz CT molecular complexity index is 1370. The fourth-order valence-corrected chi connectivity index (χ4v) is 5.79. The van der Waals surface area contributed by atoms with Crippen molar-refractivity contribution >= 4 is 50.7 Å². The van der Waals surface area contributed by atoms with Crippen LogP contribution in [0.5, 0.6) is 0 Å². The first kappa shape index (κ1) is 29.4. The highest BCUT2D eigenvalue weighted by Gasteiger charge is 2.34. The van der Waals surface area contributed by atoms with Gasteiger partial charge in [-0.3, -0.25) is 13.9 Å². The van der Waals surface area contributed by atoms with E-state index in [0.29, 0.717) is 12.1 Å². The molecular formula is C27H28Cl2FN3O4S. The van der Waals surface area contributed by atoms with E-state index in [1.807, 2.05) is 0 Å². The second-order valence-electron chi connectivity index (χ2n) is 8.39. The van der Waals surface area contributed by atoms with Gasteiger partial charge in [0.1, 0.15) is 18.4 Å². The van der Waals surface area contributed by atoms with Crippen LogP contribution in [0.1, 0.15) is 25.8 Å². The summed E-state index contributed by atoms with van der Waals surface area (Å²) in [5, 5.41) is 3.02. The number of amides is 2. The minimum absolute atomic E-state index is 0.0177. The van der Waals surface area contributed by atoms with Gasteiger partial charge in [0.05, 0.1) is 15.6 Å². The second-order valence-corrected chi connectivity index (χ2v) is 11.1. The molecule has 3 aromatic rings. The Morgan fingerprint density at radius 1 is 0.974 bits per heavy atom. The molecule has 0 saturated heterocycles. The molecule has 0 heterocycles. The summed E-state index contributed by atoms with van der Waals surface area (Å²) in [7, 11) is -4.27. The molecule has 7 nitrogen and oxygen atoms in total. The third-order valence-corrected chi connectivity index (χ3v) is 8.12. The zero-order valence-corrected chi connectivity index (χ0v) is 23.2. The van der Waals surface area contributed by atoms with Crippen molar-refractivity contribution in [3.05, 3.63) is 94.2 Å². The normalized spacial score (nSPS) is 12.0. The molecule has 0 aliphatic heterocycles. The van der Waals surface area contributed by atoms with Crippen molar-refractivity contribution in [3.63, 3.8) is 0 Å². The van der Waals surface area contributed by atoms with Gasteiger partial charge >= 0.3 is 0 Å². The Morgan fingerprint density at radius 3 is 2.24 bits per heavy atom. The molecule has 38 heavy (non-hydrogen) atoms. The van der Waals surface area contributed by atoms with E-state index in [0.717, 1.165) is 4.31 Å². The highest BCUT2D eigenvalue weighted by Crippen LogP contribution is 2.33. The molecule has 0 bridgehead atoms. The van der Waals surface area contributed by atoms with Crippen LogP contribution in [0, 0.1) is 5.82 Å². The molecule has 0 saturated carbocycles. The smallest absolute Gasteiger partial charge is 0.264 e. The van der Waals surface area contributed by atoms with Crippen LogP contribution in [0.2, 0.25) is 10.0 Å². The van der Waals surface area contributed by atoms with E-state index in [2.05, 4.69) is 5.32 Å². The highest BCUT2D eigenvalue weighted by molar-refractivity contribution is 7.92. The van der Waals surface area contributed by atoms with Crippen molar-refractivity contribution in [2.75, 3.05) is 17.4 Å². The van der Waals surface area contributed by atoms with E-state index in [-0.39, 0.29) is 39.5 Å². The SMILES string of the molecule is CCNC(=O)C(CC)N(Cc1ccc(F)cc1)C(=O)CN(c1cc(Cl)ccc1Cl)S(=O)(=O)c1ccccc1. The molecule has 0 aromatic heterocycles. The summed E-state index contributed by atoms with van der Waals surface area (Å²) in [5.41, 5.74) is 0.588. The zero-order chi connectivity index (χ0) is 27.9. The Kier molecular flexibility index (Phi) is 10.1. The third-order valence-electron chi connectivity index (χ3n) is 5.79. The molecule has 0 fully saturated rings. The van der Waals surface area contributed by atoms with Crippen LogP contribution >= 0.6 is 23.2 Å². The number of halogens is 3. The number of nitrogens with zero attached hydrogens (tertiary/aromatic N) is 2. The summed E-state index contributed by atoms with van der Waals surface area (Å²) in [6, 6.07) is 16.5. The fraction of sp³-hybridized carbons (Fsp3) is 0.259. The maximum absolute atomic E-state index is 13.9. The van der Waals surface area contributed by atoms with E-state index in [1.165, 1.54) is 59.5 Å². The van der Waals surface area contributed by atoms with Crippen LogP contribution in [-0.4, -0.2) is 44.3 Å². The summed E-state index contributed by atoms with van der Waals surface area (Å²) in [4.78, 5) is 28.0. The predicted molar refractivity (Wildman–Crippen MR) is 147 cm³/mol. The van der Waals surface area contributed by atoms with Crippen molar-refractivity contribution in [1.29, 1.82) is 0 Å². The number of likely N-dealkylation sites (N-methyl/N-ethyl adjacent to an activating group) is 1. The highest BCUT2D eigenvalue weighted by atomic mass is 35.5. The summed E-state index contributed by atoms with van der Waals surface area (Å²) in [5.74, 6) is -1.48. The van der Waals surface area contributed by atoms with Gasteiger partial charge in [0, 0.05) is 18.1 Å². The molecule has 2 amide bonds. The average molecular weight is 581 g/mol. The van der Waals surface area contributed by atoms with E-state index >= 15 is 0 Å². The van der Waals surface area contributed by atoms with Crippen LogP contribution in [0.4, 0.5) is 10.1 Å². The van der Waals surface area contributed by atoms with Crippen molar-refractivity contribution in [1.82, 2.24) is 10.2 Å². The number of carbonyl (C=O) groups excluding carboxylic acids is 2. The number of hydrogen-bond donors (Lipinski definition) is 1. The number of hydrogen-bond acceptors (Lipinski definition) is 4. The van der Waals surface area contributed by atoms with Gasteiger partial charge in [-0.15, -0.1) is 0 Å². The van der Waals surface area contributed by atoms with Crippen molar-refractivity contribution in [2.45, 2.75) is 37.8 Å². The lowest BCUT2D eigenvalue weighted by Crippen LogP contribution is -2.52. The molecule has 3 aromatic carbocycles. The van der Waals surface area contributed by atoms with E-state index in [1.54, 1.807) is 32.0 Å². The Labute approximate surface area is 232 Å². The lowest BCUT2D eigenvalue weighted by Gasteiger charge is -2.33. The third kappa shape index (κ3) is 7.03. The van der Waals surface area contributed by atoms with Gasteiger partial charge in [0.15, 0.2) is 0 Å². The van der Waals surface area contributed by atoms with Crippen LogP contribution in [-0.2, 0) is 26.2 Å². The molecular weight excluding hydrogens is 552 g/mol. The van der Waals surface area contributed by atoms with Gasteiger partial charge in [-0.2, -0.15) is 0 Å². The fourth-order valence-electron chi connectivity index (χ4n) is 3.91. The molecule has 11 heteroatoms. The topological polar surface area (TPSA) is 86.8 Å². The zero-order valence-electron chi connectivity index (χ0n) is 20.9. The summed E-state index contributed by atoms with van der Waals surface area (Å²) < 4.78 is 41.9. The lowest BCUT2D eigenvalue weighted by molar-refractivity contribution is -0.140. The molecule has 3 rings (SSSR count). The largest absolute Gasteiger partial charge is 0.355 e. The molecule has 0 aliphatic carbocycles. The van der Waals surface area contributed by atoms with Gasteiger partial charge in [-0.1, -0.05) is 60.5 Å². The molecule has 1 unspecified atom stereocenters. The molecule has 202 valence electrons. The number of carbonyl (C=O) groups is 2. The Morgan fingerprint density at radius 2 is 1.63 bits per heavy atom. The first-order valence-corrected chi connectivity index (χ1v) is 14.1. The first-order chi connectivity index (χ1) is 18.1. The van der Waals surface area contributed by atoms with Crippen LogP contribution in [0.3, 0.4) is 0 Å².